The van der Waals surface area contributed by atoms with Crippen LogP contribution in [0.2, 0.25) is 0 Å². The van der Waals surface area contributed by atoms with Gasteiger partial charge in [-0.3, -0.25) is 19.3 Å². The van der Waals surface area contributed by atoms with Crippen LogP contribution in [0.15, 0.2) is 35.1 Å². The van der Waals surface area contributed by atoms with E-state index in [1.54, 1.807) is 25.1 Å². The van der Waals surface area contributed by atoms with Crippen LogP contribution >= 0.6 is 0 Å². The Hall–Kier alpha value is -3.21. The summed E-state index contributed by atoms with van der Waals surface area (Å²) < 4.78 is 5.87. The third kappa shape index (κ3) is 3.86. The van der Waals surface area contributed by atoms with Crippen LogP contribution in [0.25, 0.3) is 5.76 Å². The van der Waals surface area contributed by atoms with Gasteiger partial charge in [0, 0.05) is 11.5 Å². The molecule has 4 rings (SSSR count). The molecule has 0 heterocycles. The summed E-state index contributed by atoms with van der Waals surface area (Å²) in [6.07, 6.45) is 0.108. The van der Waals surface area contributed by atoms with Crippen molar-refractivity contribution in [2.45, 2.75) is 57.8 Å². The lowest BCUT2D eigenvalue weighted by Crippen LogP contribution is -2.70. The molecule has 1 fully saturated rings. The number of likely N-dealkylation sites (N-methyl/N-ethyl adjacent to an activating group) is 1. The van der Waals surface area contributed by atoms with E-state index in [-0.39, 0.29) is 18.6 Å². The van der Waals surface area contributed by atoms with Gasteiger partial charge in [0.25, 0.3) is 5.91 Å². The molecule has 2 unspecified atom stereocenters. The van der Waals surface area contributed by atoms with E-state index < -0.39 is 70.1 Å². The number of benzene rings is 1. The van der Waals surface area contributed by atoms with Crippen molar-refractivity contribution < 1.29 is 39.5 Å². The van der Waals surface area contributed by atoms with Crippen LogP contribution in [0, 0.1) is 11.8 Å². The number of amides is 1. The summed E-state index contributed by atoms with van der Waals surface area (Å²) in [5, 5.41) is 45.6. The van der Waals surface area contributed by atoms with Crippen LogP contribution in [0.5, 0.6) is 5.75 Å². The fraction of sp³-hybridized carbons (Fsp3) is 0.519. The normalized spacial score (nSPS) is 30.9. The summed E-state index contributed by atoms with van der Waals surface area (Å²) in [6.45, 7) is 4.16. The van der Waals surface area contributed by atoms with E-state index in [0.29, 0.717) is 17.9 Å². The first-order valence-corrected chi connectivity index (χ1v) is 12.0. The largest absolute Gasteiger partial charge is 0.508 e. The topological polar surface area (TPSA) is 171 Å². The molecular formula is C27H36N2O8. The highest BCUT2D eigenvalue weighted by Gasteiger charge is 2.68. The molecule has 202 valence electrons. The minimum Gasteiger partial charge on any atom is -0.508 e. The van der Waals surface area contributed by atoms with E-state index in [1.807, 2.05) is 6.92 Å². The molecule has 6 atom stereocenters. The lowest BCUT2D eigenvalue weighted by Gasteiger charge is -2.53. The van der Waals surface area contributed by atoms with Gasteiger partial charge in [0.2, 0.25) is 5.78 Å². The second kappa shape index (κ2) is 9.92. The first-order chi connectivity index (χ1) is 16.9. The van der Waals surface area contributed by atoms with Gasteiger partial charge < -0.3 is 30.9 Å². The minimum absolute atomic E-state index is 0. The van der Waals surface area contributed by atoms with Crippen molar-refractivity contribution in [1.82, 2.24) is 4.90 Å². The van der Waals surface area contributed by atoms with Gasteiger partial charge >= 0.3 is 0 Å². The number of rotatable bonds is 6. The highest BCUT2D eigenvalue weighted by molar-refractivity contribution is 6.24. The Bertz CT molecular complexity index is 1200. The maximum Gasteiger partial charge on any atom is 0.255 e. The standard InChI is InChI=1S/C26H32N2O8.CH4/c1-5-6-10-36-13-9-7-8-12-11(2)14-16(20(29)15(12)13)23(32)26(35)18(21(14)30)19(28(3)4)22(31)17(24(26)33)25(27)34;/h7-9,11,14,18-19,21,29-30,33,35H,5-6,10H2,1-4H3,(H2,27,34);1H4/t11-,14?,18?,19-,21-,26-;/m0./s1. The first kappa shape index (κ1) is 28.4. The number of unbranched alkanes of at least 4 members (excludes halogenated alkanes) is 1. The molecule has 0 spiro atoms. The third-order valence-electron chi connectivity index (χ3n) is 7.73. The number of aliphatic hydroxyl groups excluding tert-OH is 3. The van der Waals surface area contributed by atoms with Gasteiger partial charge in [-0.2, -0.15) is 0 Å². The number of hydrogen-bond donors (Lipinski definition) is 5. The van der Waals surface area contributed by atoms with Gasteiger partial charge in [-0.25, -0.2) is 0 Å². The maximum absolute atomic E-state index is 14.0. The monoisotopic (exact) mass is 516 g/mol. The summed E-state index contributed by atoms with van der Waals surface area (Å²) >= 11 is 0. The van der Waals surface area contributed by atoms with E-state index in [9.17, 15) is 34.8 Å². The number of carbonyl (C=O) groups excluding carboxylic acids is 3. The molecule has 10 heteroatoms. The number of fused-ring (bicyclic) bond motifs is 3. The zero-order chi connectivity index (χ0) is 26.7. The fourth-order valence-corrected chi connectivity index (χ4v) is 6.01. The average Bonchev–Trinajstić information content (AvgIpc) is 2.81. The van der Waals surface area contributed by atoms with Crippen LogP contribution < -0.4 is 10.5 Å². The van der Waals surface area contributed by atoms with E-state index in [1.165, 1.54) is 19.0 Å². The number of ketones is 2. The maximum atomic E-state index is 14.0. The van der Waals surface area contributed by atoms with Gasteiger partial charge in [-0.15, -0.1) is 0 Å². The summed E-state index contributed by atoms with van der Waals surface area (Å²) in [5.74, 6) is -7.71. The number of nitrogens with two attached hydrogens (primary N) is 1. The van der Waals surface area contributed by atoms with Crippen LogP contribution in [0.3, 0.4) is 0 Å². The Kier molecular flexibility index (Phi) is 7.61. The lowest BCUT2D eigenvalue weighted by molar-refractivity contribution is -0.169. The fourth-order valence-electron chi connectivity index (χ4n) is 6.01. The number of primary amides is 1. The summed E-state index contributed by atoms with van der Waals surface area (Å²) in [6, 6.07) is 3.83. The van der Waals surface area contributed by atoms with Crippen LogP contribution in [-0.2, 0) is 14.4 Å². The van der Waals surface area contributed by atoms with E-state index in [0.717, 1.165) is 12.8 Å². The molecule has 0 radical (unpaired) electrons. The van der Waals surface area contributed by atoms with E-state index >= 15 is 0 Å². The SMILES string of the molecule is C.CCCCOc1cccc2c1C(O)=C1C(=O)[C@]3(O)C(O)=C(C(N)=O)C(=O)[C@@H](N(C)C)C3[C@@H](O)C1[C@H]2C. The predicted molar refractivity (Wildman–Crippen MR) is 136 cm³/mol. The Morgan fingerprint density at radius 2 is 1.86 bits per heavy atom. The van der Waals surface area contributed by atoms with Crippen molar-refractivity contribution in [3.63, 3.8) is 0 Å². The molecule has 1 aromatic rings. The molecule has 1 amide bonds. The molecule has 1 aromatic carbocycles. The third-order valence-corrected chi connectivity index (χ3v) is 7.73. The van der Waals surface area contributed by atoms with Gasteiger partial charge in [0.05, 0.1) is 30.2 Å². The molecule has 3 aliphatic rings. The Morgan fingerprint density at radius 3 is 2.43 bits per heavy atom. The van der Waals surface area contributed by atoms with Crippen molar-refractivity contribution in [3.05, 3.63) is 46.2 Å². The van der Waals surface area contributed by atoms with Gasteiger partial charge in [0.15, 0.2) is 11.4 Å². The van der Waals surface area contributed by atoms with Gasteiger partial charge in [-0.1, -0.05) is 39.8 Å². The van der Waals surface area contributed by atoms with Crippen LogP contribution in [-0.4, -0.2) is 81.2 Å². The molecular weight excluding hydrogens is 480 g/mol. The molecule has 6 N–H and O–H groups in total. The number of Topliss-reactive ketones (excluding diaryl/α,β-unsaturated/α-hetero) is 2. The van der Waals surface area contributed by atoms with Crippen molar-refractivity contribution in [2.24, 2.45) is 17.6 Å². The summed E-state index contributed by atoms with van der Waals surface area (Å²) in [5.41, 5.74) is 2.18. The predicted octanol–water partition coefficient (Wildman–Crippen LogP) is 1.61. The van der Waals surface area contributed by atoms with Gasteiger partial charge in [-0.05, 0) is 38.1 Å². The number of hydrogen-bond acceptors (Lipinski definition) is 9. The smallest absolute Gasteiger partial charge is 0.255 e. The number of nitrogens with zero attached hydrogens (tertiary/aromatic N) is 1. The van der Waals surface area contributed by atoms with Crippen molar-refractivity contribution in [3.8, 4) is 5.75 Å². The zero-order valence-corrected chi connectivity index (χ0v) is 20.7. The zero-order valence-electron chi connectivity index (χ0n) is 20.7. The first-order valence-electron chi connectivity index (χ1n) is 12.0. The molecule has 0 aliphatic heterocycles. The second-order valence-corrected chi connectivity index (χ2v) is 9.97. The molecule has 3 aliphatic carbocycles. The number of carbonyl (C=O) groups is 3. The molecule has 0 bridgehead atoms. The highest BCUT2D eigenvalue weighted by atomic mass is 16.5. The van der Waals surface area contributed by atoms with E-state index in [2.05, 4.69) is 0 Å². The molecule has 0 aromatic heterocycles. The Balaban J connectivity index is 0.00000380. The Morgan fingerprint density at radius 1 is 1.22 bits per heavy atom. The van der Waals surface area contributed by atoms with Crippen molar-refractivity contribution in [2.75, 3.05) is 20.7 Å². The average molecular weight is 517 g/mol. The van der Waals surface area contributed by atoms with Crippen molar-refractivity contribution in [1.29, 1.82) is 0 Å². The van der Waals surface area contributed by atoms with Crippen molar-refractivity contribution >= 4 is 23.2 Å². The molecule has 37 heavy (non-hydrogen) atoms. The Labute approximate surface area is 216 Å². The van der Waals surface area contributed by atoms with Gasteiger partial charge in [0.1, 0.15) is 22.8 Å². The quantitative estimate of drug-likeness (QED) is 0.278. The highest BCUT2D eigenvalue weighted by Crippen LogP contribution is 2.56. The van der Waals surface area contributed by atoms with Crippen LogP contribution in [0.1, 0.15) is 51.2 Å². The number of aliphatic hydroxyl groups is 4. The second-order valence-electron chi connectivity index (χ2n) is 9.97. The molecule has 1 saturated carbocycles. The summed E-state index contributed by atoms with van der Waals surface area (Å²) in [4.78, 5) is 40.6. The lowest BCUT2D eigenvalue weighted by atomic mass is 9.54. The molecule has 0 saturated heterocycles. The molecule has 10 nitrogen and oxygen atoms in total. The summed E-state index contributed by atoms with van der Waals surface area (Å²) in [7, 11) is 2.98. The number of ether oxygens (including phenoxy) is 1. The minimum atomic E-state index is -2.86. The van der Waals surface area contributed by atoms with E-state index in [4.69, 9.17) is 10.5 Å². The van der Waals surface area contributed by atoms with Crippen LogP contribution in [0.4, 0.5) is 0 Å².